The average molecular weight is 362 g/mol. The van der Waals surface area contributed by atoms with E-state index in [9.17, 15) is 4.39 Å². The number of fused-ring (bicyclic) bond motifs is 1. The fraction of sp³-hybridized carbons (Fsp3) is 0.150. The van der Waals surface area contributed by atoms with Crippen molar-refractivity contribution in [1.29, 1.82) is 0 Å². The lowest BCUT2D eigenvalue weighted by atomic mass is 10.1. The number of rotatable bonds is 4. The standard InChI is InChI=1S/C20H19FN6/c1-12-4-5-13(2)17(10-12)24-18-16-11-22-27(3)19(16)26-20(25-18)23-15-8-6-14(21)7-9-15/h4-11H,1-3H3,(H2,23,24,25,26). The van der Waals surface area contributed by atoms with E-state index in [1.165, 1.54) is 12.1 Å². The molecule has 0 spiro atoms. The van der Waals surface area contributed by atoms with Crippen LogP contribution in [-0.4, -0.2) is 19.7 Å². The van der Waals surface area contributed by atoms with Crippen molar-refractivity contribution < 1.29 is 4.39 Å². The topological polar surface area (TPSA) is 67.7 Å². The van der Waals surface area contributed by atoms with Crippen LogP contribution in [0.25, 0.3) is 11.0 Å². The van der Waals surface area contributed by atoms with E-state index in [0.717, 1.165) is 22.2 Å². The van der Waals surface area contributed by atoms with Crippen LogP contribution in [0.3, 0.4) is 0 Å². The molecule has 7 heteroatoms. The number of aryl methyl sites for hydroxylation is 3. The number of halogens is 1. The molecule has 0 aliphatic rings. The fourth-order valence-electron chi connectivity index (χ4n) is 2.83. The summed E-state index contributed by atoms with van der Waals surface area (Å²) in [4.78, 5) is 9.16. The molecule has 4 aromatic rings. The molecule has 0 saturated carbocycles. The normalized spacial score (nSPS) is 11.0. The summed E-state index contributed by atoms with van der Waals surface area (Å²) in [7, 11) is 1.83. The van der Waals surface area contributed by atoms with Gasteiger partial charge in [0.1, 0.15) is 11.6 Å². The van der Waals surface area contributed by atoms with E-state index < -0.39 is 0 Å². The highest BCUT2D eigenvalue weighted by Crippen LogP contribution is 2.28. The van der Waals surface area contributed by atoms with Gasteiger partial charge in [-0.05, 0) is 55.3 Å². The van der Waals surface area contributed by atoms with Gasteiger partial charge in [0.2, 0.25) is 5.95 Å². The smallest absolute Gasteiger partial charge is 0.231 e. The number of hydrogen-bond acceptors (Lipinski definition) is 5. The van der Waals surface area contributed by atoms with Gasteiger partial charge in [0.15, 0.2) is 5.65 Å². The minimum absolute atomic E-state index is 0.291. The van der Waals surface area contributed by atoms with Crippen molar-refractivity contribution in [2.45, 2.75) is 13.8 Å². The Morgan fingerprint density at radius 1 is 0.963 bits per heavy atom. The predicted octanol–water partition coefficient (Wildman–Crippen LogP) is 4.61. The van der Waals surface area contributed by atoms with Gasteiger partial charge in [-0.25, -0.2) is 4.39 Å². The molecule has 2 heterocycles. The Morgan fingerprint density at radius 2 is 1.74 bits per heavy atom. The summed E-state index contributed by atoms with van der Waals surface area (Å²) >= 11 is 0. The molecule has 27 heavy (non-hydrogen) atoms. The van der Waals surface area contributed by atoms with Crippen LogP contribution >= 0.6 is 0 Å². The number of benzene rings is 2. The Labute approximate surface area is 156 Å². The molecule has 2 N–H and O–H groups in total. The summed E-state index contributed by atoms with van der Waals surface area (Å²) in [6.07, 6.45) is 1.74. The van der Waals surface area contributed by atoms with Crippen LogP contribution in [-0.2, 0) is 7.05 Å². The quantitative estimate of drug-likeness (QED) is 0.555. The van der Waals surface area contributed by atoms with Crippen LogP contribution < -0.4 is 10.6 Å². The van der Waals surface area contributed by atoms with Crippen molar-refractivity contribution in [3.63, 3.8) is 0 Å². The van der Waals surface area contributed by atoms with Gasteiger partial charge in [-0.15, -0.1) is 0 Å². The summed E-state index contributed by atoms with van der Waals surface area (Å²) in [5.74, 6) is 0.776. The molecule has 0 aliphatic heterocycles. The van der Waals surface area contributed by atoms with Crippen LogP contribution in [0.2, 0.25) is 0 Å². The number of nitrogens with zero attached hydrogens (tertiary/aromatic N) is 4. The zero-order valence-electron chi connectivity index (χ0n) is 15.3. The van der Waals surface area contributed by atoms with Crippen molar-refractivity contribution in [2.75, 3.05) is 10.6 Å². The van der Waals surface area contributed by atoms with Crippen molar-refractivity contribution in [3.05, 3.63) is 65.6 Å². The summed E-state index contributed by atoms with van der Waals surface area (Å²) in [6.45, 7) is 4.09. The fourth-order valence-corrected chi connectivity index (χ4v) is 2.83. The second kappa shape index (κ2) is 6.68. The molecule has 0 aliphatic carbocycles. The molecule has 6 nitrogen and oxygen atoms in total. The maximum Gasteiger partial charge on any atom is 0.231 e. The molecule has 2 aromatic heterocycles. The minimum atomic E-state index is -0.291. The molecule has 0 amide bonds. The van der Waals surface area contributed by atoms with Gasteiger partial charge >= 0.3 is 0 Å². The largest absolute Gasteiger partial charge is 0.339 e. The zero-order valence-corrected chi connectivity index (χ0v) is 15.3. The Kier molecular flexibility index (Phi) is 4.19. The molecule has 4 rings (SSSR count). The van der Waals surface area contributed by atoms with Gasteiger partial charge in [-0.2, -0.15) is 15.1 Å². The Morgan fingerprint density at radius 3 is 2.52 bits per heavy atom. The Hall–Kier alpha value is -3.48. The highest BCUT2D eigenvalue weighted by atomic mass is 19.1. The summed E-state index contributed by atoms with van der Waals surface area (Å²) in [6, 6.07) is 12.3. The maximum atomic E-state index is 13.1. The van der Waals surface area contributed by atoms with E-state index in [4.69, 9.17) is 0 Å². The molecule has 0 saturated heterocycles. The summed E-state index contributed by atoms with van der Waals surface area (Å²) in [5, 5.41) is 11.6. The first-order valence-electron chi connectivity index (χ1n) is 8.56. The van der Waals surface area contributed by atoms with Gasteiger partial charge in [-0.1, -0.05) is 12.1 Å². The molecule has 0 fully saturated rings. The average Bonchev–Trinajstić information content (AvgIpc) is 3.02. The minimum Gasteiger partial charge on any atom is -0.339 e. The van der Waals surface area contributed by atoms with Crippen molar-refractivity contribution in [3.8, 4) is 0 Å². The molecule has 0 radical (unpaired) electrons. The zero-order chi connectivity index (χ0) is 19.0. The van der Waals surface area contributed by atoms with Gasteiger partial charge < -0.3 is 10.6 Å². The van der Waals surface area contributed by atoms with Crippen molar-refractivity contribution in [1.82, 2.24) is 19.7 Å². The molecule has 0 bridgehead atoms. The maximum absolute atomic E-state index is 13.1. The van der Waals surface area contributed by atoms with E-state index in [0.29, 0.717) is 23.1 Å². The monoisotopic (exact) mass is 362 g/mol. The second-order valence-electron chi connectivity index (χ2n) is 6.48. The van der Waals surface area contributed by atoms with E-state index in [-0.39, 0.29) is 5.82 Å². The van der Waals surface area contributed by atoms with E-state index in [1.807, 2.05) is 20.9 Å². The molecule has 136 valence electrons. The molecule has 2 aromatic carbocycles. The first kappa shape index (κ1) is 17.0. The number of aromatic nitrogens is 4. The van der Waals surface area contributed by atoms with Crippen molar-refractivity contribution >= 4 is 34.2 Å². The predicted molar refractivity (Wildman–Crippen MR) is 105 cm³/mol. The highest BCUT2D eigenvalue weighted by Gasteiger charge is 2.13. The van der Waals surface area contributed by atoms with E-state index in [1.54, 1.807) is 23.0 Å². The molecule has 0 unspecified atom stereocenters. The first-order chi connectivity index (χ1) is 13.0. The van der Waals surface area contributed by atoms with Crippen LogP contribution in [0.1, 0.15) is 11.1 Å². The third-order valence-corrected chi connectivity index (χ3v) is 4.34. The summed E-state index contributed by atoms with van der Waals surface area (Å²) in [5.41, 5.74) is 4.65. The van der Waals surface area contributed by atoms with E-state index in [2.05, 4.69) is 43.9 Å². The van der Waals surface area contributed by atoms with Crippen LogP contribution in [0.5, 0.6) is 0 Å². The first-order valence-corrected chi connectivity index (χ1v) is 8.56. The molecular formula is C20H19FN6. The lowest BCUT2D eigenvalue weighted by Gasteiger charge is -2.12. The third kappa shape index (κ3) is 3.44. The van der Waals surface area contributed by atoms with E-state index >= 15 is 0 Å². The van der Waals surface area contributed by atoms with Crippen LogP contribution in [0.15, 0.2) is 48.7 Å². The van der Waals surface area contributed by atoms with Crippen LogP contribution in [0, 0.1) is 19.7 Å². The molecule has 0 atom stereocenters. The third-order valence-electron chi connectivity index (χ3n) is 4.34. The summed E-state index contributed by atoms with van der Waals surface area (Å²) < 4.78 is 14.8. The SMILES string of the molecule is Cc1ccc(C)c(Nc2nc(Nc3ccc(F)cc3)nc3c2cnn3C)c1. The highest BCUT2D eigenvalue weighted by molar-refractivity contribution is 5.90. The Balaban J connectivity index is 1.76. The van der Waals surface area contributed by atoms with Gasteiger partial charge in [0.05, 0.1) is 11.6 Å². The number of anilines is 4. The number of nitrogens with one attached hydrogen (secondary N) is 2. The van der Waals surface area contributed by atoms with Crippen LogP contribution in [0.4, 0.5) is 27.5 Å². The van der Waals surface area contributed by atoms with Gasteiger partial charge in [0, 0.05) is 18.4 Å². The lowest BCUT2D eigenvalue weighted by Crippen LogP contribution is -2.04. The van der Waals surface area contributed by atoms with Gasteiger partial charge in [0.25, 0.3) is 0 Å². The lowest BCUT2D eigenvalue weighted by molar-refractivity contribution is 0.628. The molecular weight excluding hydrogens is 343 g/mol. The van der Waals surface area contributed by atoms with Gasteiger partial charge in [-0.3, -0.25) is 4.68 Å². The second-order valence-corrected chi connectivity index (χ2v) is 6.48. The van der Waals surface area contributed by atoms with Crippen molar-refractivity contribution in [2.24, 2.45) is 7.05 Å². The Bertz CT molecular complexity index is 1120. The number of hydrogen-bond donors (Lipinski definition) is 2.